The van der Waals surface area contributed by atoms with Crippen LogP contribution in [0.15, 0.2) is 54.1 Å². The van der Waals surface area contributed by atoms with Gasteiger partial charge in [0.15, 0.2) is 11.5 Å². The van der Waals surface area contributed by atoms with E-state index >= 15 is 0 Å². The molecule has 28 heavy (non-hydrogen) atoms. The van der Waals surface area contributed by atoms with E-state index in [9.17, 15) is 4.79 Å². The number of hydrogen-bond donors (Lipinski definition) is 0. The molecular weight excluding hydrogens is 352 g/mol. The standard InChI is InChI=1S/C23H28N2O3/c1-5-11-23(12-6-2)13-8-14-25(23)22(26)20-15-19(28-24-20)16-27-21-17(3)9-7-10-18(21)4/h5-7,9-10,15H,1-2,8,11-14,16H2,3-4H3. The largest absolute Gasteiger partial charge is 0.485 e. The maximum Gasteiger partial charge on any atom is 0.276 e. The third-order valence-corrected chi connectivity index (χ3v) is 5.44. The summed E-state index contributed by atoms with van der Waals surface area (Å²) in [4.78, 5) is 15.0. The molecule has 2 aromatic rings. The van der Waals surface area contributed by atoms with Gasteiger partial charge in [0.2, 0.25) is 0 Å². The average Bonchev–Trinajstić information content (AvgIpc) is 3.29. The highest BCUT2D eigenvalue weighted by molar-refractivity contribution is 5.93. The van der Waals surface area contributed by atoms with Crippen molar-refractivity contribution in [1.29, 1.82) is 0 Å². The topological polar surface area (TPSA) is 55.6 Å². The van der Waals surface area contributed by atoms with Gasteiger partial charge < -0.3 is 14.2 Å². The van der Waals surface area contributed by atoms with Crippen molar-refractivity contribution in [1.82, 2.24) is 10.1 Å². The zero-order valence-electron chi connectivity index (χ0n) is 16.7. The van der Waals surface area contributed by atoms with E-state index in [1.54, 1.807) is 6.07 Å². The van der Waals surface area contributed by atoms with Gasteiger partial charge in [-0.25, -0.2) is 0 Å². The van der Waals surface area contributed by atoms with Gasteiger partial charge in [-0.3, -0.25) is 4.79 Å². The molecule has 0 aliphatic carbocycles. The molecule has 0 saturated carbocycles. The van der Waals surface area contributed by atoms with Gasteiger partial charge in [-0.2, -0.15) is 0 Å². The minimum absolute atomic E-state index is 0.108. The van der Waals surface area contributed by atoms with Gasteiger partial charge in [-0.05, 0) is 50.7 Å². The number of carbonyl (C=O) groups excluding carboxylic acids is 1. The second kappa shape index (κ2) is 8.46. The molecule has 1 aromatic carbocycles. The van der Waals surface area contributed by atoms with E-state index in [2.05, 4.69) is 18.3 Å². The van der Waals surface area contributed by atoms with Crippen LogP contribution in [0.3, 0.4) is 0 Å². The first-order valence-corrected chi connectivity index (χ1v) is 9.69. The van der Waals surface area contributed by atoms with Crippen LogP contribution in [-0.4, -0.2) is 28.0 Å². The molecule has 1 aliphatic rings. The molecule has 5 nitrogen and oxygen atoms in total. The van der Waals surface area contributed by atoms with Crippen LogP contribution in [0.25, 0.3) is 0 Å². The lowest BCUT2D eigenvalue weighted by molar-refractivity contribution is 0.0590. The van der Waals surface area contributed by atoms with E-state index in [0.29, 0.717) is 18.0 Å². The number of hydrogen-bond acceptors (Lipinski definition) is 4. The number of rotatable bonds is 8. The van der Waals surface area contributed by atoms with E-state index < -0.39 is 0 Å². The summed E-state index contributed by atoms with van der Waals surface area (Å²) >= 11 is 0. The molecule has 1 aliphatic heterocycles. The maximum atomic E-state index is 13.1. The monoisotopic (exact) mass is 380 g/mol. The number of para-hydroxylation sites is 1. The second-order valence-electron chi connectivity index (χ2n) is 7.46. The van der Waals surface area contributed by atoms with Crippen LogP contribution in [0.1, 0.15) is 53.1 Å². The van der Waals surface area contributed by atoms with Gasteiger partial charge in [0.1, 0.15) is 12.4 Å². The Labute approximate surface area is 166 Å². The number of amides is 1. The minimum atomic E-state index is -0.255. The second-order valence-corrected chi connectivity index (χ2v) is 7.46. The predicted octanol–water partition coefficient (Wildman–Crippen LogP) is 5.00. The lowest BCUT2D eigenvalue weighted by Crippen LogP contribution is -2.46. The first kappa shape index (κ1) is 19.9. The number of likely N-dealkylation sites (tertiary alicyclic amines) is 1. The van der Waals surface area contributed by atoms with Gasteiger partial charge >= 0.3 is 0 Å². The Balaban J connectivity index is 1.73. The predicted molar refractivity (Wildman–Crippen MR) is 109 cm³/mol. The molecule has 0 radical (unpaired) electrons. The Morgan fingerprint density at radius 3 is 2.61 bits per heavy atom. The number of ether oxygens (including phenoxy) is 1. The Bertz CT molecular complexity index is 838. The van der Waals surface area contributed by atoms with E-state index in [-0.39, 0.29) is 18.1 Å². The summed E-state index contributed by atoms with van der Waals surface area (Å²) in [6.07, 6.45) is 7.14. The third-order valence-electron chi connectivity index (χ3n) is 5.44. The Morgan fingerprint density at radius 1 is 1.29 bits per heavy atom. The molecular formula is C23H28N2O3. The van der Waals surface area contributed by atoms with Crippen molar-refractivity contribution in [2.75, 3.05) is 6.54 Å². The zero-order chi connectivity index (χ0) is 20.1. The SMILES string of the molecule is C=CCC1(CC=C)CCCN1C(=O)c1cc(COc2c(C)cccc2C)on1. The van der Waals surface area contributed by atoms with Crippen LogP contribution in [0.2, 0.25) is 0 Å². The van der Waals surface area contributed by atoms with Gasteiger partial charge in [0.05, 0.1) is 5.54 Å². The van der Waals surface area contributed by atoms with E-state index in [4.69, 9.17) is 9.26 Å². The van der Waals surface area contributed by atoms with Crippen molar-refractivity contribution in [3.05, 3.63) is 72.2 Å². The molecule has 5 heteroatoms. The fourth-order valence-electron chi connectivity index (χ4n) is 4.09. The summed E-state index contributed by atoms with van der Waals surface area (Å²) in [5.74, 6) is 1.26. The number of aryl methyl sites for hydroxylation is 2. The molecule has 0 unspecified atom stereocenters. The van der Waals surface area contributed by atoms with Crippen LogP contribution in [0.5, 0.6) is 5.75 Å². The van der Waals surface area contributed by atoms with Gasteiger partial charge in [-0.1, -0.05) is 35.5 Å². The number of benzene rings is 1. The van der Waals surface area contributed by atoms with Gasteiger partial charge in [-0.15, -0.1) is 13.2 Å². The molecule has 1 saturated heterocycles. The van der Waals surface area contributed by atoms with Crippen molar-refractivity contribution >= 4 is 5.91 Å². The fraction of sp³-hybridized carbons (Fsp3) is 0.391. The molecule has 1 aromatic heterocycles. The van der Waals surface area contributed by atoms with Crippen molar-refractivity contribution in [2.45, 2.75) is 51.7 Å². The highest BCUT2D eigenvalue weighted by atomic mass is 16.5. The lowest BCUT2D eigenvalue weighted by atomic mass is 9.88. The van der Waals surface area contributed by atoms with Crippen LogP contribution in [-0.2, 0) is 6.61 Å². The molecule has 0 spiro atoms. The molecule has 0 bridgehead atoms. The number of aromatic nitrogens is 1. The molecule has 1 amide bonds. The van der Waals surface area contributed by atoms with E-state index in [0.717, 1.165) is 42.6 Å². The summed E-state index contributed by atoms with van der Waals surface area (Å²) in [6, 6.07) is 7.69. The smallest absolute Gasteiger partial charge is 0.276 e. The summed E-state index contributed by atoms with van der Waals surface area (Å²) in [6.45, 7) is 12.7. The first-order valence-electron chi connectivity index (χ1n) is 9.69. The Hall–Kier alpha value is -2.82. The summed E-state index contributed by atoms with van der Waals surface area (Å²) in [5.41, 5.74) is 2.19. The Morgan fingerprint density at radius 2 is 1.96 bits per heavy atom. The van der Waals surface area contributed by atoms with E-state index in [1.165, 1.54) is 0 Å². The summed E-state index contributed by atoms with van der Waals surface area (Å²) in [5, 5.41) is 4.01. The summed E-state index contributed by atoms with van der Waals surface area (Å²) in [7, 11) is 0. The highest BCUT2D eigenvalue weighted by Crippen LogP contribution is 2.37. The number of nitrogens with zero attached hydrogens (tertiary/aromatic N) is 2. The quantitative estimate of drug-likeness (QED) is 0.605. The van der Waals surface area contributed by atoms with Crippen molar-refractivity contribution in [3.8, 4) is 5.75 Å². The lowest BCUT2D eigenvalue weighted by Gasteiger charge is -2.37. The number of carbonyl (C=O) groups is 1. The van der Waals surface area contributed by atoms with Gasteiger partial charge in [0.25, 0.3) is 5.91 Å². The zero-order valence-corrected chi connectivity index (χ0v) is 16.7. The molecule has 0 N–H and O–H groups in total. The van der Waals surface area contributed by atoms with Crippen molar-refractivity contribution in [2.24, 2.45) is 0 Å². The first-order chi connectivity index (χ1) is 13.5. The van der Waals surface area contributed by atoms with Crippen molar-refractivity contribution in [3.63, 3.8) is 0 Å². The van der Waals surface area contributed by atoms with Gasteiger partial charge in [0, 0.05) is 12.6 Å². The minimum Gasteiger partial charge on any atom is -0.485 e. The fourth-order valence-corrected chi connectivity index (χ4v) is 4.09. The van der Waals surface area contributed by atoms with Crippen molar-refractivity contribution < 1.29 is 14.1 Å². The van der Waals surface area contributed by atoms with Crippen LogP contribution < -0.4 is 4.74 Å². The molecule has 1 fully saturated rings. The average molecular weight is 380 g/mol. The molecule has 3 rings (SSSR count). The normalized spacial score (nSPS) is 15.4. The molecule has 2 heterocycles. The molecule has 148 valence electrons. The van der Waals surface area contributed by atoms with Crippen LogP contribution in [0.4, 0.5) is 0 Å². The van der Waals surface area contributed by atoms with Crippen LogP contribution >= 0.6 is 0 Å². The Kier molecular flexibility index (Phi) is 6.02. The van der Waals surface area contributed by atoms with Crippen LogP contribution in [0, 0.1) is 13.8 Å². The summed E-state index contributed by atoms with van der Waals surface area (Å²) < 4.78 is 11.3. The van der Waals surface area contributed by atoms with E-state index in [1.807, 2.05) is 49.1 Å². The maximum absolute atomic E-state index is 13.1. The molecule has 0 atom stereocenters. The third kappa shape index (κ3) is 3.88. The highest BCUT2D eigenvalue weighted by Gasteiger charge is 2.42.